The molecule has 0 atom stereocenters. The van der Waals surface area contributed by atoms with E-state index >= 15 is 0 Å². The van der Waals surface area contributed by atoms with Crippen molar-refractivity contribution in [3.8, 4) is 6.07 Å². The highest BCUT2D eigenvalue weighted by molar-refractivity contribution is 7.18. The van der Waals surface area contributed by atoms with Crippen molar-refractivity contribution in [3.05, 3.63) is 75.0 Å². The largest absolute Gasteiger partial charge is 0.467 e. The summed E-state index contributed by atoms with van der Waals surface area (Å²) < 4.78 is 15.5. The fourth-order valence-corrected chi connectivity index (χ4v) is 4.36. The molecule has 0 bridgehead atoms. The zero-order valence-corrected chi connectivity index (χ0v) is 18.6. The van der Waals surface area contributed by atoms with Crippen LogP contribution in [0, 0.1) is 11.3 Å². The number of rotatable bonds is 7. The van der Waals surface area contributed by atoms with Crippen LogP contribution >= 0.6 is 11.3 Å². The molecule has 0 radical (unpaired) electrons. The average Bonchev–Trinajstić information content (AvgIpc) is 3.52. The topological polar surface area (TPSA) is 153 Å². The molecule has 2 amide bonds. The van der Waals surface area contributed by atoms with Crippen molar-refractivity contribution in [3.63, 3.8) is 0 Å². The number of nitrogens with zero attached hydrogens (tertiary/aromatic N) is 2. The minimum Gasteiger partial charge on any atom is -0.467 e. The first-order valence-corrected chi connectivity index (χ1v) is 10.8. The molecule has 0 aliphatic carbocycles. The van der Waals surface area contributed by atoms with Crippen molar-refractivity contribution in [2.75, 3.05) is 12.3 Å². The second-order valence-corrected chi connectivity index (χ2v) is 8.15. The molecule has 11 heteroatoms. The number of nitrogen functional groups attached to an aromatic ring is 1. The van der Waals surface area contributed by atoms with Crippen LogP contribution in [-0.4, -0.2) is 35.3 Å². The van der Waals surface area contributed by atoms with Crippen LogP contribution in [0.25, 0.3) is 0 Å². The molecule has 4 rings (SSSR count). The minimum absolute atomic E-state index is 0.0270. The lowest BCUT2D eigenvalue weighted by Crippen LogP contribution is -2.28. The average molecular weight is 479 g/mol. The third-order valence-electron chi connectivity index (χ3n) is 5.05. The van der Waals surface area contributed by atoms with E-state index in [1.165, 1.54) is 24.5 Å². The number of benzene rings is 1. The maximum atomic E-state index is 12.8. The van der Waals surface area contributed by atoms with Crippen molar-refractivity contribution in [1.29, 1.82) is 5.26 Å². The van der Waals surface area contributed by atoms with Crippen LogP contribution in [0.1, 0.15) is 64.6 Å². The van der Waals surface area contributed by atoms with Crippen molar-refractivity contribution in [1.82, 2.24) is 4.90 Å². The summed E-state index contributed by atoms with van der Waals surface area (Å²) in [5.41, 5.74) is 6.26. The number of hydrogen-bond acceptors (Lipinski definition) is 10. The Morgan fingerprint density at radius 1 is 1.15 bits per heavy atom. The Kier molecular flexibility index (Phi) is 6.16. The number of nitriles is 1. The molecule has 1 aliphatic heterocycles. The van der Waals surface area contributed by atoms with E-state index in [1.54, 1.807) is 19.1 Å². The number of esters is 2. The molecule has 172 valence electrons. The number of hydrogen-bond donors (Lipinski definition) is 1. The zero-order chi connectivity index (χ0) is 24.4. The van der Waals surface area contributed by atoms with E-state index in [0.717, 1.165) is 16.2 Å². The minimum atomic E-state index is -0.809. The van der Waals surface area contributed by atoms with Gasteiger partial charge in [0.05, 0.1) is 41.7 Å². The van der Waals surface area contributed by atoms with Gasteiger partial charge in [-0.2, -0.15) is 5.26 Å². The van der Waals surface area contributed by atoms with Gasteiger partial charge in [-0.05, 0) is 37.3 Å². The van der Waals surface area contributed by atoms with Gasteiger partial charge < -0.3 is 19.6 Å². The van der Waals surface area contributed by atoms with Crippen molar-refractivity contribution >= 4 is 40.1 Å². The summed E-state index contributed by atoms with van der Waals surface area (Å²) in [7, 11) is 0. The molecular weight excluding hydrogens is 462 g/mol. The maximum absolute atomic E-state index is 12.8. The van der Waals surface area contributed by atoms with Crippen LogP contribution in [0.3, 0.4) is 0 Å². The summed E-state index contributed by atoms with van der Waals surface area (Å²) >= 11 is 0.874. The summed E-state index contributed by atoms with van der Waals surface area (Å²) in [4.78, 5) is 51.4. The number of carbonyl (C=O) groups excluding carboxylic acids is 4. The van der Waals surface area contributed by atoms with Crippen molar-refractivity contribution in [2.24, 2.45) is 0 Å². The molecule has 0 unspecified atom stereocenters. The number of nitrogens with two attached hydrogens (primary N) is 1. The van der Waals surface area contributed by atoms with Gasteiger partial charge >= 0.3 is 11.9 Å². The van der Waals surface area contributed by atoms with Gasteiger partial charge in [0.25, 0.3) is 11.8 Å². The van der Waals surface area contributed by atoms with Gasteiger partial charge in [-0.1, -0.05) is 0 Å². The molecule has 0 spiro atoms. The molecule has 2 N–H and O–H groups in total. The third kappa shape index (κ3) is 4.02. The number of ether oxygens (including phenoxy) is 2. The molecule has 1 aliphatic rings. The van der Waals surface area contributed by atoms with Gasteiger partial charge in [0.15, 0.2) is 0 Å². The van der Waals surface area contributed by atoms with Crippen LogP contribution in [0.5, 0.6) is 0 Å². The standard InChI is InChI=1S/C23H17N3O7S/c1-2-31-23(30)18-17(16(9-24)19(25)34-18)11-33-22(29)12-5-6-14-15(8-12)21(28)26(20(14)27)10-13-4-3-7-32-13/h3-8H,2,10-11,25H2,1H3. The summed E-state index contributed by atoms with van der Waals surface area (Å²) in [6, 6.07) is 9.21. The molecule has 0 saturated heterocycles. The van der Waals surface area contributed by atoms with Gasteiger partial charge in [0.1, 0.15) is 28.3 Å². The first-order valence-electron chi connectivity index (χ1n) is 10.0. The van der Waals surface area contributed by atoms with Crippen LogP contribution in [0.15, 0.2) is 41.0 Å². The van der Waals surface area contributed by atoms with E-state index in [2.05, 4.69) is 0 Å². The normalized spacial score (nSPS) is 12.4. The van der Waals surface area contributed by atoms with Gasteiger partial charge in [-0.15, -0.1) is 11.3 Å². The molecule has 0 fully saturated rings. The molecule has 10 nitrogen and oxygen atoms in total. The van der Waals surface area contributed by atoms with E-state index < -0.39 is 30.4 Å². The zero-order valence-electron chi connectivity index (χ0n) is 17.8. The van der Waals surface area contributed by atoms with E-state index in [-0.39, 0.29) is 50.8 Å². The Balaban J connectivity index is 1.53. The molecule has 2 aromatic heterocycles. The highest BCUT2D eigenvalue weighted by Crippen LogP contribution is 2.32. The Hall–Kier alpha value is -4.43. The highest BCUT2D eigenvalue weighted by atomic mass is 32.1. The second kappa shape index (κ2) is 9.21. The predicted octanol–water partition coefficient (Wildman–Crippen LogP) is 3.12. The van der Waals surface area contributed by atoms with Gasteiger partial charge in [0, 0.05) is 5.56 Å². The lowest BCUT2D eigenvalue weighted by molar-refractivity contribution is 0.0452. The monoisotopic (exact) mass is 479 g/mol. The second-order valence-electron chi connectivity index (χ2n) is 7.09. The van der Waals surface area contributed by atoms with Crippen LogP contribution in [-0.2, 0) is 22.6 Å². The predicted molar refractivity (Wildman–Crippen MR) is 118 cm³/mol. The van der Waals surface area contributed by atoms with Gasteiger partial charge in [-0.25, -0.2) is 9.59 Å². The van der Waals surface area contributed by atoms with Crippen molar-refractivity contribution in [2.45, 2.75) is 20.1 Å². The maximum Gasteiger partial charge on any atom is 0.348 e. The fourth-order valence-electron chi connectivity index (χ4n) is 3.45. The number of fused-ring (bicyclic) bond motifs is 1. The Morgan fingerprint density at radius 3 is 2.59 bits per heavy atom. The number of anilines is 1. The lowest BCUT2D eigenvalue weighted by atomic mass is 10.1. The molecule has 0 saturated carbocycles. The number of amides is 2. The quantitative estimate of drug-likeness (QED) is 0.398. The van der Waals surface area contributed by atoms with Crippen LogP contribution < -0.4 is 5.73 Å². The number of carbonyl (C=O) groups is 4. The molecule has 3 heterocycles. The third-order valence-corrected chi connectivity index (χ3v) is 6.10. The fraction of sp³-hybridized carbons (Fsp3) is 0.174. The summed E-state index contributed by atoms with van der Waals surface area (Å²) in [6.07, 6.45) is 1.44. The van der Waals surface area contributed by atoms with E-state index in [1.807, 2.05) is 6.07 Å². The van der Waals surface area contributed by atoms with Gasteiger partial charge in [-0.3, -0.25) is 14.5 Å². The number of furan rings is 1. The van der Waals surface area contributed by atoms with Crippen LogP contribution in [0.2, 0.25) is 0 Å². The number of imide groups is 1. The molecular formula is C23H17N3O7S. The first kappa shape index (κ1) is 22.8. The SMILES string of the molecule is CCOC(=O)c1sc(N)c(C#N)c1COC(=O)c1ccc2c(c1)C(=O)N(Cc1ccco1)C2=O. The molecule has 34 heavy (non-hydrogen) atoms. The Labute approximate surface area is 197 Å². The Morgan fingerprint density at radius 2 is 1.91 bits per heavy atom. The first-order chi connectivity index (χ1) is 16.3. The number of thiophene rings is 1. The highest BCUT2D eigenvalue weighted by Gasteiger charge is 2.36. The lowest BCUT2D eigenvalue weighted by Gasteiger charge is -2.11. The van der Waals surface area contributed by atoms with Crippen molar-refractivity contribution < 1.29 is 33.1 Å². The summed E-state index contributed by atoms with van der Waals surface area (Å²) in [5.74, 6) is -2.10. The van der Waals surface area contributed by atoms with Gasteiger partial charge in [0.2, 0.25) is 0 Å². The molecule has 1 aromatic carbocycles. The smallest absolute Gasteiger partial charge is 0.348 e. The van der Waals surface area contributed by atoms with E-state index in [4.69, 9.17) is 19.6 Å². The summed E-state index contributed by atoms with van der Waals surface area (Å²) in [6.45, 7) is 1.32. The molecule has 3 aromatic rings. The van der Waals surface area contributed by atoms with Crippen LogP contribution in [0.4, 0.5) is 5.00 Å². The van der Waals surface area contributed by atoms with E-state index in [9.17, 15) is 24.4 Å². The Bertz CT molecular complexity index is 1350. The summed E-state index contributed by atoms with van der Waals surface area (Å²) in [5, 5.41) is 9.49. The van der Waals surface area contributed by atoms with E-state index in [0.29, 0.717) is 5.76 Å².